The maximum atomic E-state index is 12.7. The highest BCUT2D eigenvalue weighted by Crippen LogP contribution is 2.29. The van der Waals surface area contributed by atoms with Crippen molar-refractivity contribution < 1.29 is 9.59 Å². The van der Waals surface area contributed by atoms with Crippen molar-refractivity contribution in [2.24, 2.45) is 0 Å². The van der Waals surface area contributed by atoms with Crippen LogP contribution in [0.4, 0.5) is 0 Å². The summed E-state index contributed by atoms with van der Waals surface area (Å²) >= 11 is 7.59. The van der Waals surface area contributed by atoms with Gasteiger partial charge >= 0.3 is 0 Å². The predicted molar refractivity (Wildman–Crippen MR) is 93.8 cm³/mol. The van der Waals surface area contributed by atoms with Crippen LogP contribution in [-0.2, 0) is 0 Å². The van der Waals surface area contributed by atoms with Gasteiger partial charge in [-0.05, 0) is 37.8 Å². The molecule has 2 aromatic heterocycles. The third-order valence-electron chi connectivity index (χ3n) is 4.19. The zero-order chi connectivity index (χ0) is 17.4. The van der Waals surface area contributed by atoms with Gasteiger partial charge in [0.1, 0.15) is 10.6 Å². The standard InChI is InChI=1S/C16H19ClN4O2S/c1-9-8-24-14(13(9)17)16(23)21-5-4-20(7-11(21)3)15(22)12-6-10(2)18-19-12/h6,8,11H,4-5,7H2,1-3H3,(H,18,19)/t11-/m1/s1. The van der Waals surface area contributed by atoms with E-state index in [-0.39, 0.29) is 17.9 Å². The van der Waals surface area contributed by atoms with Crippen LogP contribution >= 0.6 is 22.9 Å². The molecular weight excluding hydrogens is 348 g/mol. The molecule has 2 aromatic rings. The minimum Gasteiger partial charge on any atom is -0.333 e. The van der Waals surface area contributed by atoms with Crippen LogP contribution in [0.2, 0.25) is 5.02 Å². The Labute approximate surface area is 149 Å². The molecule has 1 aliphatic heterocycles. The van der Waals surface area contributed by atoms with E-state index in [2.05, 4.69) is 10.2 Å². The van der Waals surface area contributed by atoms with Gasteiger partial charge in [-0.3, -0.25) is 14.7 Å². The van der Waals surface area contributed by atoms with Gasteiger partial charge in [0.15, 0.2) is 0 Å². The number of amides is 2. The lowest BCUT2D eigenvalue weighted by atomic mass is 10.1. The average Bonchev–Trinajstić information content (AvgIpc) is 3.13. The molecular formula is C16H19ClN4O2S. The number of aryl methyl sites for hydroxylation is 2. The fourth-order valence-corrected chi connectivity index (χ4v) is 4.07. The molecule has 128 valence electrons. The molecule has 0 aliphatic carbocycles. The van der Waals surface area contributed by atoms with Crippen molar-refractivity contribution in [3.63, 3.8) is 0 Å². The minimum atomic E-state index is -0.108. The Morgan fingerprint density at radius 2 is 2.08 bits per heavy atom. The van der Waals surface area contributed by atoms with Crippen molar-refractivity contribution >= 4 is 34.8 Å². The number of hydrogen-bond donors (Lipinski definition) is 1. The van der Waals surface area contributed by atoms with Gasteiger partial charge in [-0.25, -0.2) is 0 Å². The quantitative estimate of drug-likeness (QED) is 0.888. The van der Waals surface area contributed by atoms with Gasteiger partial charge in [-0.2, -0.15) is 5.10 Å². The predicted octanol–water partition coefficient (Wildman–Crippen LogP) is 2.73. The molecule has 1 saturated heterocycles. The first kappa shape index (κ1) is 17.0. The van der Waals surface area contributed by atoms with Crippen molar-refractivity contribution in [2.45, 2.75) is 26.8 Å². The first-order chi connectivity index (χ1) is 11.4. The van der Waals surface area contributed by atoms with Crippen LogP contribution in [0.25, 0.3) is 0 Å². The van der Waals surface area contributed by atoms with Crippen molar-refractivity contribution in [1.82, 2.24) is 20.0 Å². The number of H-pyrrole nitrogens is 1. The summed E-state index contributed by atoms with van der Waals surface area (Å²) in [6.07, 6.45) is 0. The number of aromatic amines is 1. The van der Waals surface area contributed by atoms with Crippen LogP contribution in [0.1, 0.15) is 38.3 Å². The second kappa shape index (κ2) is 6.57. The average molecular weight is 367 g/mol. The third-order valence-corrected chi connectivity index (χ3v) is 5.88. The van der Waals surface area contributed by atoms with E-state index in [0.717, 1.165) is 11.3 Å². The lowest BCUT2D eigenvalue weighted by Gasteiger charge is -2.39. The molecule has 1 fully saturated rings. The van der Waals surface area contributed by atoms with E-state index in [4.69, 9.17) is 11.6 Å². The molecule has 1 atom stereocenters. The highest BCUT2D eigenvalue weighted by atomic mass is 35.5. The zero-order valence-electron chi connectivity index (χ0n) is 13.8. The van der Waals surface area contributed by atoms with E-state index in [0.29, 0.717) is 35.2 Å². The number of nitrogens with one attached hydrogen (secondary N) is 1. The van der Waals surface area contributed by atoms with Gasteiger partial charge in [-0.15, -0.1) is 11.3 Å². The molecule has 24 heavy (non-hydrogen) atoms. The van der Waals surface area contributed by atoms with E-state index in [9.17, 15) is 9.59 Å². The molecule has 8 heteroatoms. The van der Waals surface area contributed by atoms with Crippen LogP contribution in [-0.4, -0.2) is 57.5 Å². The molecule has 0 aromatic carbocycles. The molecule has 0 unspecified atom stereocenters. The Bertz CT molecular complexity index is 785. The molecule has 3 heterocycles. The molecule has 0 bridgehead atoms. The minimum absolute atomic E-state index is 0.0617. The number of thiophene rings is 1. The van der Waals surface area contributed by atoms with Gasteiger partial charge in [-0.1, -0.05) is 11.6 Å². The Morgan fingerprint density at radius 3 is 2.62 bits per heavy atom. The Morgan fingerprint density at radius 1 is 1.33 bits per heavy atom. The molecule has 0 radical (unpaired) electrons. The topological polar surface area (TPSA) is 69.3 Å². The number of rotatable bonds is 2. The van der Waals surface area contributed by atoms with Crippen LogP contribution in [0.15, 0.2) is 11.4 Å². The molecule has 2 amide bonds. The molecule has 0 saturated carbocycles. The second-order valence-electron chi connectivity index (χ2n) is 6.10. The van der Waals surface area contributed by atoms with Crippen molar-refractivity contribution in [2.75, 3.05) is 19.6 Å². The van der Waals surface area contributed by atoms with Gasteiger partial charge in [0.2, 0.25) is 0 Å². The summed E-state index contributed by atoms with van der Waals surface area (Å²) in [5, 5.41) is 9.22. The van der Waals surface area contributed by atoms with Crippen molar-refractivity contribution in [3.8, 4) is 0 Å². The summed E-state index contributed by atoms with van der Waals surface area (Å²) in [6.45, 7) is 7.16. The largest absolute Gasteiger partial charge is 0.333 e. The Kier molecular flexibility index (Phi) is 4.64. The monoisotopic (exact) mass is 366 g/mol. The highest BCUT2D eigenvalue weighted by molar-refractivity contribution is 7.13. The maximum Gasteiger partial charge on any atom is 0.274 e. The van der Waals surface area contributed by atoms with Crippen LogP contribution in [0, 0.1) is 13.8 Å². The van der Waals surface area contributed by atoms with E-state index in [1.54, 1.807) is 15.9 Å². The van der Waals surface area contributed by atoms with Gasteiger partial charge in [0.25, 0.3) is 11.8 Å². The number of piperazine rings is 1. The molecule has 1 N–H and O–H groups in total. The van der Waals surface area contributed by atoms with Crippen molar-refractivity contribution in [3.05, 3.63) is 38.3 Å². The summed E-state index contributed by atoms with van der Waals surface area (Å²) in [6, 6.07) is 1.66. The van der Waals surface area contributed by atoms with Crippen LogP contribution in [0.5, 0.6) is 0 Å². The van der Waals surface area contributed by atoms with Crippen LogP contribution in [0.3, 0.4) is 0 Å². The number of hydrogen-bond acceptors (Lipinski definition) is 4. The molecule has 3 rings (SSSR count). The first-order valence-corrected chi connectivity index (χ1v) is 9.00. The third kappa shape index (κ3) is 3.06. The van der Waals surface area contributed by atoms with Gasteiger partial charge in [0.05, 0.1) is 5.02 Å². The summed E-state index contributed by atoms with van der Waals surface area (Å²) in [5.41, 5.74) is 2.18. The highest BCUT2D eigenvalue weighted by Gasteiger charge is 2.32. The summed E-state index contributed by atoms with van der Waals surface area (Å²) in [5.74, 6) is -0.170. The molecule has 1 aliphatic rings. The number of halogens is 1. The smallest absolute Gasteiger partial charge is 0.274 e. The number of nitrogens with zero attached hydrogens (tertiary/aromatic N) is 3. The summed E-state index contributed by atoms with van der Waals surface area (Å²) in [4.78, 5) is 29.3. The normalized spacial score (nSPS) is 18.1. The fraction of sp³-hybridized carbons (Fsp3) is 0.438. The van der Waals surface area contributed by atoms with E-state index < -0.39 is 0 Å². The van der Waals surface area contributed by atoms with Gasteiger partial charge in [0, 0.05) is 31.4 Å². The van der Waals surface area contributed by atoms with Crippen molar-refractivity contribution in [1.29, 1.82) is 0 Å². The SMILES string of the molecule is Cc1cc(C(=O)N2CCN(C(=O)c3scc(C)c3Cl)[C@H](C)C2)n[nH]1. The first-order valence-electron chi connectivity index (χ1n) is 7.74. The zero-order valence-corrected chi connectivity index (χ0v) is 15.4. The van der Waals surface area contributed by atoms with E-state index >= 15 is 0 Å². The fourth-order valence-electron chi connectivity index (χ4n) is 2.84. The van der Waals surface area contributed by atoms with Gasteiger partial charge < -0.3 is 9.80 Å². The second-order valence-corrected chi connectivity index (χ2v) is 7.35. The summed E-state index contributed by atoms with van der Waals surface area (Å²) in [7, 11) is 0. The summed E-state index contributed by atoms with van der Waals surface area (Å²) < 4.78 is 0. The van der Waals surface area contributed by atoms with E-state index in [1.165, 1.54) is 11.3 Å². The number of carbonyl (C=O) groups is 2. The number of carbonyl (C=O) groups excluding carboxylic acids is 2. The lowest BCUT2D eigenvalue weighted by Crippen LogP contribution is -2.55. The molecule has 0 spiro atoms. The number of aromatic nitrogens is 2. The lowest BCUT2D eigenvalue weighted by molar-refractivity contribution is 0.0414. The maximum absolute atomic E-state index is 12.7. The van der Waals surface area contributed by atoms with E-state index in [1.807, 2.05) is 26.2 Å². The Hall–Kier alpha value is -1.86. The molecule has 6 nitrogen and oxygen atoms in total. The van der Waals surface area contributed by atoms with Crippen LogP contribution < -0.4 is 0 Å². The Balaban J connectivity index is 1.70.